The number of nitrogens with zero attached hydrogens (tertiary/aromatic N) is 1. The van der Waals surface area contributed by atoms with Gasteiger partial charge in [-0.15, -0.1) is 0 Å². The zero-order valence-electron chi connectivity index (χ0n) is 13.1. The summed E-state index contributed by atoms with van der Waals surface area (Å²) in [5, 5.41) is 21.3. The summed E-state index contributed by atoms with van der Waals surface area (Å²) in [4.78, 5) is 0. The topological polar surface area (TPSA) is 65.3 Å². The number of hydrogen-bond donors (Lipinski definition) is 2. The first-order valence-corrected chi connectivity index (χ1v) is 8.24. The number of unbranched alkanes of at least 4 members (excludes halogenated alkanes) is 1. The van der Waals surface area contributed by atoms with Gasteiger partial charge in [0.2, 0.25) is 0 Å². The Morgan fingerprint density at radius 1 is 1.27 bits per heavy atom. The third kappa shape index (κ3) is 5.67. The molecule has 120 valence electrons. The second-order valence-electron chi connectivity index (χ2n) is 6.04. The van der Waals surface area contributed by atoms with Gasteiger partial charge in [0.15, 0.2) is 0 Å². The van der Waals surface area contributed by atoms with Crippen molar-refractivity contribution in [1.29, 1.82) is 5.26 Å². The molecule has 4 nitrogen and oxygen atoms in total. The summed E-state index contributed by atoms with van der Waals surface area (Å²) < 4.78 is 5.66. The van der Waals surface area contributed by atoms with E-state index >= 15 is 0 Å². The van der Waals surface area contributed by atoms with Crippen LogP contribution in [0.4, 0.5) is 0 Å². The molecule has 0 bridgehead atoms. The molecule has 2 N–H and O–H groups in total. The van der Waals surface area contributed by atoms with Gasteiger partial charge in [0.1, 0.15) is 5.75 Å². The molecule has 1 aromatic carbocycles. The highest BCUT2D eigenvalue weighted by Gasteiger charge is 2.19. The van der Waals surface area contributed by atoms with Crippen LogP contribution in [-0.2, 0) is 6.54 Å². The van der Waals surface area contributed by atoms with E-state index < -0.39 is 0 Å². The maximum absolute atomic E-state index is 9.17. The highest BCUT2D eigenvalue weighted by molar-refractivity contribution is 5.28. The Balaban J connectivity index is 1.72. The molecule has 0 unspecified atom stereocenters. The Labute approximate surface area is 133 Å². The monoisotopic (exact) mass is 302 g/mol. The predicted octanol–water partition coefficient (Wildman–Crippen LogP) is 3.01. The summed E-state index contributed by atoms with van der Waals surface area (Å²) in [6, 6.07) is 10.8. The second-order valence-corrected chi connectivity index (χ2v) is 6.04. The average molecular weight is 302 g/mol. The van der Waals surface area contributed by atoms with Gasteiger partial charge in [0, 0.05) is 25.6 Å². The molecule has 2 rings (SSSR count). The lowest BCUT2D eigenvalue weighted by Gasteiger charge is -2.28. The van der Waals surface area contributed by atoms with E-state index in [0.717, 1.165) is 44.4 Å². The number of ether oxygens (including phenoxy) is 1. The van der Waals surface area contributed by atoms with Crippen LogP contribution in [0.15, 0.2) is 24.3 Å². The van der Waals surface area contributed by atoms with Gasteiger partial charge < -0.3 is 15.2 Å². The maximum Gasteiger partial charge on any atom is 0.119 e. The van der Waals surface area contributed by atoms with E-state index in [4.69, 9.17) is 15.1 Å². The van der Waals surface area contributed by atoms with E-state index in [2.05, 4.69) is 23.5 Å². The Morgan fingerprint density at radius 3 is 2.82 bits per heavy atom. The normalized spacial score (nSPS) is 21.3. The molecule has 0 saturated heterocycles. The minimum absolute atomic E-state index is 0.331. The van der Waals surface area contributed by atoms with Crippen molar-refractivity contribution >= 4 is 0 Å². The van der Waals surface area contributed by atoms with Crippen LogP contribution in [0.1, 0.15) is 44.1 Å². The molecule has 1 fully saturated rings. The third-order valence-electron chi connectivity index (χ3n) is 4.30. The molecule has 1 saturated carbocycles. The fourth-order valence-corrected chi connectivity index (χ4v) is 2.90. The Kier molecular flexibility index (Phi) is 7.21. The van der Waals surface area contributed by atoms with Crippen molar-refractivity contribution in [3.05, 3.63) is 29.8 Å². The summed E-state index contributed by atoms with van der Waals surface area (Å²) >= 11 is 0. The number of aliphatic hydroxyl groups excluding tert-OH is 1. The van der Waals surface area contributed by atoms with Crippen molar-refractivity contribution in [2.75, 3.05) is 13.2 Å². The van der Waals surface area contributed by atoms with Crippen LogP contribution in [0.2, 0.25) is 0 Å². The predicted molar refractivity (Wildman–Crippen MR) is 86.5 cm³/mol. The van der Waals surface area contributed by atoms with Crippen molar-refractivity contribution in [1.82, 2.24) is 5.32 Å². The minimum Gasteiger partial charge on any atom is -0.494 e. The fourth-order valence-electron chi connectivity index (χ4n) is 2.90. The van der Waals surface area contributed by atoms with Crippen molar-refractivity contribution in [2.24, 2.45) is 5.92 Å². The molecule has 0 heterocycles. The molecule has 1 aliphatic rings. The van der Waals surface area contributed by atoms with Gasteiger partial charge in [0.25, 0.3) is 0 Å². The number of nitrogens with one attached hydrogen (secondary N) is 1. The number of aliphatic hydroxyl groups is 1. The lowest BCUT2D eigenvalue weighted by molar-refractivity contribution is 0.175. The van der Waals surface area contributed by atoms with E-state index in [1.807, 2.05) is 12.1 Å². The lowest BCUT2D eigenvalue weighted by atomic mass is 9.86. The quantitative estimate of drug-likeness (QED) is 0.725. The summed E-state index contributed by atoms with van der Waals surface area (Å²) in [5.41, 5.74) is 1.22. The first-order chi connectivity index (χ1) is 10.8. The Bertz CT molecular complexity index is 476. The molecule has 0 aliphatic heterocycles. The Hall–Kier alpha value is -1.57. The van der Waals surface area contributed by atoms with Crippen LogP contribution in [0.5, 0.6) is 5.75 Å². The molecule has 0 radical (unpaired) electrons. The standard InChI is InChI=1S/C18H26N2O2/c19-10-1-2-11-22-18-5-3-4-16(12-18)13-20-17-8-6-15(14-21)7-9-17/h3-5,12,15,17,20-21H,1-2,6-9,11,13-14H2. The summed E-state index contributed by atoms with van der Waals surface area (Å²) in [7, 11) is 0. The van der Waals surface area contributed by atoms with E-state index in [9.17, 15) is 0 Å². The minimum atomic E-state index is 0.331. The first-order valence-electron chi connectivity index (χ1n) is 8.24. The largest absolute Gasteiger partial charge is 0.494 e. The summed E-state index contributed by atoms with van der Waals surface area (Å²) in [5.74, 6) is 1.38. The molecule has 0 amide bonds. The van der Waals surface area contributed by atoms with Crippen molar-refractivity contribution < 1.29 is 9.84 Å². The number of rotatable bonds is 8. The van der Waals surface area contributed by atoms with Crippen molar-refractivity contribution in [3.8, 4) is 11.8 Å². The van der Waals surface area contributed by atoms with Gasteiger partial charge in [-0.25, -0.2) is 0 Å². The van der Waals surface area contributed by atoms with Crippen LogP contribution in [0.3, 0.4) is 0 Å². The SMILES string of the molecule is N#CCCCOc1cccc(CNC2CCC(CO)CC2)c1. The van der Waals surface area contributed by atoms with Crippen molar-refractivity contribution in [2.45, 2.75) is 51.1 Å². The van der Waals surface area contributed by atoms with Crippen LogP contribution in [-0.4, -0.2) is 24.4 Å². The second kappa shape index (κ2) is 9.45. The molecule has 0 aromatic heterocycles. The fraction of sp³-hybridized carbons (Fsp3) is 0.611. The summed E-state index contributed by atoms with van der Waals surface area (Å²) in [6.45, 7) is 1.78. The molecule has 1 aliphatic carbocycles. The average Bonchev–Trinajstić information content (AvgIpc) is 2.58. The van der Waals surface area contributed by atoms with Crippen molar-refractivity contribution in [3.63, 3.8) is 0 Å². The first kappa shape index (κ1) is 16.8. The van der Waals surface area contributed by atoms with E-state index in [1.165, 1.54) is 5.56 Å². The van der Waals surface area contributed by atoms with Gasteiger partial charge in [0.05, 0.1) is 12.7 Å². The smallest absolute Gasteiger partial charge is 0.119 e. The van der Waals surface area contributed by atoms with E-state index in [-0.39, 0.29) is 0 Å². The van der Waals surface area contributed by atoms with Gasteiger partial charge in [-0.3, -0.25) is 0 Å². The highest BCUT2D eigenvalue weighted by Crippen LogP contribution is 2.24. The van der Waals surface area contributed by atoms with Gasteiger partial charge in [-0.1, -0.05) is 12.1 Å². The van der Waals surface area contributed by atoms with E-state index in [1.54, 1.807) is 0 Å². The molecule has 0 spiro atoms. The molecular weight excluding hydrogens is 276 g/mol. The molecule has 4 heteroatoms. The molecule has 1 aromatic rings. The number of nitriles is 1. The molecular formula is C18H26N2O2. The van der Waals surface area contributed by atoms with Gasteiger partial charge in [-0.05, 0) is 55.7 Å². The Morgan fingerprint density at radius 2 is 2.09 bits per heavy atom. The highest BCUT2D eigenvalue weighted by atomic mass is 16.5. The maximum atomic E-state index is 9.17. The number of benzene rings is 1. The lowest BCUT2D eigenvalue weighted by Crippen LogP contribution is -2.33. The zero-order valence-corrected chi connectivity index (χ0v) is 13.1. The summed E-state index contributed by atoms with van der Waals surface area (Å²) in [6.07, 6.45) is 5.85. The zero-order chi connectivity index (χ0) is 15.6. The van der Waals surface area contributed by atoms with Crippen LogP contribution in [0, 0.1) is 17.2 Å². The van der Waals surface area contributed by atoms with Crippen LogP contribution >= 0.6 is 0 Å². The third-order valence-corrected chi connectivity index (χ3v) is 4.30. The van der Waals surface area contributed by atoms with Gasteiger partial charge in [-0.2, -0.15) is 5.26 Å². The number of hydrogen-bond acceptors (Lipinski definition) is 4. The van der Waals surface area contributed by atoms with Crippen LogP contribution in [0.25, 0.3) is 0 Å². The van der Waals surface area contributed by atoms with Crippen LogP contribution < -0.4 is 10.1 Å². The molecule has 22 heavy (non-hydrogen) atoms. The van der Waals surface area contributed by atoms with Gasteiger partial charge >= 0.3 is 0 Å². The van der Waals surface area contributed by atoms with E-state index in [0.29, 0.717) is 31.6 Å². The molecule has 0 atom stereocenters.